The molecule has 1 saturated carbocycles. The highest BCUT2D eigenvalue weighted by atomic mass is 35.5. The zero-order valence-electron chi connectivity index (χ0n) is 16.2. The number of alkyl halides is 4. The molecule has 1 aliphatic heterocycles. The zero-order chi connectivity index (χ0) is 21.5. The Kier molecular flexibility index (Phi) is 5.55. The van der Waals surface area contributed by atoms with Crippen LogP contribution >= 0.6 is 11.6 Å². The highest BCUT2D eigenvalue weighted by molar-refractivity contribution is 6.35. The second-order valence-corrected chi connectivity index (χ2v) is 8.60. The van der Waals surface area contributed by atoms with Crippen molar-refractivity contribution in [3.63, 3.8) is 0 Å². The smallest absolute Gasteiger partial charge is 0.266 e. The van der Waals surface area contributed by atoms with Gasteiger partial charge in [-0.15, -0.1) is 0 Å². The molecule has 1 aromatic carbocycles. The highest BCUT2D eigenvalue weighted by Crippen LogP contribution is 2.36. The molecule has 162 valence electrons. The Bertz CT molecular complexity index is 959. The molecule has 2 aliphatic rings. The minimum Gasteiger partial charge on any atom is -0.352 e. The zero-order valence-corrected chi connectivity index (χ0v) is 17.0. The van der Waals surface area contributed by atoms with E-state index in [0.717, 1.165) is 0 Å². The standard InChI is InChI=1S/C21H22ClF4N3O/c22-15-2-3-16-14(1-4-17(28-16)29-10-9-21(25,26)12-29)18(15)19(30)27-11-13-5-7-20(23,24)8-6-13/h1-4,13H,5-12H2,(H,27,30). The Labute approximate surface area is 176 Å². The quantitative estimate of drug-likeness (QED) is 0.653. The number of halogens is 5. The molecule has 0 spiro atoms. The predicted octanol–water partition coefficient (Wildman–Crippen LogP) is 5.29. The van der Waals surface area contributed by atoms with Crippen molar-refractivity contribution in [3.8, 4) is 0 Å². The molecule has 0 radical (unpaired) electrons. The van der Waals surface area contributed by atoms with E-state index in [9.17, 15) is 22.4 Å². The van der Waals surface area contributed by atoms with Crippen molar-refractivity contribution < 1.29 is 22.4 Å². The van der Waals surface area contributed by atoms with E-state index < -0.39 is 17.8 Å². The van der Waals surface area contributed by atoms with Crippen LogP contribution in [0.1, 0.15) is 42.5 Å². The van der Waals surface area contributed by atoms with Crippen molar-refractivity contribution >= 4 is 34.2 Å². The molecule has 0 unspecified atom stereocenters. The second kappa shape index (κ2) is 7.87. The van der Waals surface area contributed by atoms with E-state index in [-0.39, 0.29) is 48.9 Å². The number of aromatic nitrogens is 1. The summed E-state index contributed by atoms with van der Waals surface area (Å²) in [5, 5.41) is 3.57. The van der Waals surface area contributed by atoms with Crippen LogP contribution in [0.25, 0.3) is 10.9 Å². The van der Waals surface area contributed by atoms with Crippen LogP contribution in [0.3, 0.4) is 0 Å². The lowest BCUT2D eigenvalue weighted by molar-refractivity contribution is -0.0452. The van der Waals surface area contributed by atoms with Crippen molar-refractivity contribution in [2.45, 2.75) is 43.9 Å². The van der Waals surface area contributed by atoms with Gasteiger partial charge in [0.15, 0.2) is 0 Å². The lowest BCUT2D eigenvalue weighted by atomic mass is 9.87. The fourth-order valence-electron chi connectivity index (χ4n) is 4.13. The summed E-state index contributed by atoms with van der Waals surface area (Å²) in [6.45, 7) is 0.135. The van der Waals surface area contributed by atoms with Gasteiger partial charge in [0.2, 0.25) is 5.92 Å². The number of anilines is 1. The lowest BCUT2D eigenvalue weighted by Crippen LogP contribution is -2.34. The number of rotatable bonds is 4. The van der Waals surface area contributed by atoms with Gasteiger partial charge >= 0.3 is 0 Å². The fraction of sp³-hybridized carbons (Fsp3) is 0.524. The third kappa shape index (κ3) is 4.48. The molecule has 30 heavy (non-hydrogen) atoms. The lowest BCUT2D eigenvalue weighted by Gasteiger charge is -2.28. The Morgan fingerprint density at radius 2 is 1.83 bits per heavy atom. The minimum absolute atomic E-state index is 0.00360. The van der Waals surface area contributed by atoms with E-state index in [2.05, 4.69) is 10.3 Å². The van der Waals surface area contributed by atoms with Gasteiger partial charge < -0.3 is 10.2 Å². The maximum absolute atomic E-state index is 13.5. The third-order valence-corrected chi connectivity index (χ3v) is 6.23. The number of amides is 1. The van der Waals surface area contributed by atoms with Crippen LogP contribution in [0.4, 0.5) is 23.4 Å². The molecule has 0 bridgehead atoms. The van der Waals surface area contributed by atoms with Gasteiger partial charge in [0.05, 0.1) is 22.6 Å². The van der Waals surface area contributed by atoms with Crippen LogP contribution < -0.4 is 10.2 Å². The van der Waals surface area contributed by atoms with Gasteiger partial charge in [-0.3, -0.25) is 4.79 Å². The Morgan fingerprint density at radius 3 is 2.50 bits per heavy atom. The van der Waals surface area contributed by atoms with E-state index in [0.29, 0.717) is 36.1 Å². The number of nitrogens with zero attached hydrogens (tertiary/aromatic N) is 2. The number of carbonyl (C=O) groups excluding carboxylic acids is 1. The third-order valence-electron chi connectivity index (χ3n) is 5.91. The Morgan fingerprint density at radius 1 is 1.10 bits per heavy atom. The monoisotopic (exact) mass is 443 g/mol. The van der Waals surface area contributed by atoms with Gasteiger partial charge in [-0.1, -0.05) is 11.6 Å². The van der Waals surface area contributed by atoms with E-state index in [1.807, 2.05) is 0 Å². The molecule has 1 saturated heterocycles. The molecule has 4 nitrogen and oxygen atoms in total. The summed E-state index contributed by atoms with van der Waals surface area (Å²) in [4.78, 5) is 18.8. The van der Waals surface area contributed by atoms with Crippen molar-refractivity contribution in [1.29, 1.82) is 0 Å². The highest BCUT2D eigenvalue weighted by Gasteiger charge is 2.39. The number of fused-ring (bicyclic) bond motifs is 1. The summed E-state index contributed by atoms with van der Waals surface area (Å²) >= 11 is 6.26. The molecular weight excluding hydrogens is 422 g/mol. The van der Waals surface area contributed by atoms with E-state index in [4.69, 9.17) is 11.6 Å². The topological polar surface area (TPSA) is 45.2 Å². The van der Waals surface area contributed by atoms with E-state index >= 15 is 0 Å². The molecule has 1 N–H and O–H groups in total. The maximum Gasteiger partial charge on any atom is 0.266 e. The second-order valence-electron chi connectivity index (χ2n) is 8.20. The van der Waals surface area contributed by atoms with Crippen LogP contribution in [0, 0.1) is 5.92 Å². The van der Waals surface area contributed by atoms with Crippen molar-refractivity contribution in [1.82, 2.24) is 10.3 Å². The van der Waals surface area contributed by atoms with Crippen LogP contribution in [-0.4, -0.2) is 42.4 Å². The van der Waals surface area contributed by atoms with Crippen LogP contribution in [0.15, 0.2) is 24.3 Å². The van der Waals surface area contributed by atoms with Gasteiger partial charge in [-0.05, 0) is 43.0 Å². The number of benzene rings is 1. The molecule has 1 aliphatic carbocycles. The van der Waals surface area contributed by atoms with E-state index in [1.54, 1.807) is 24.3 Å². The summed E-state index contributed by atoms with van der Waals surface area (Å²) in [5.74, 6) is -5.31. The average molecular weight is 444 g/mol. The largest absolute Gasteiger partial charge is 0.352 e. The molecule has 4 rings (SSSR count). The van der Waals surface area contributed by atoms with Gasteiger partial charge in [0, 0.05) is 37.7 Å². The number of carbonyl (C=O) groups is 1. The molecule has 9 heteroatoms. The SMILES string of the molecule is O=C(NCC1CCC(F)(F)CC1)c1c(Cl)ccc2nc(N3CCC(F)(F)C3)ccc12. The first kappa shape index (κ1) is 21.2. The van der Waals surface area contributed by atoms with Gasteiger partial charge in [-0.25, -0.2) is 22.5 Å². The maximum atomic E-state index is 13.5. The molecule has 1 amide bonds. The number of hydrogen-bond donors (Lipinski definition) is 1. The number of nitrogens with one attached hydrogen (secondary N) is 1. The van der Waals surface area contributed by atoms with Gasteiger partial charge in [0.25, 0.3) is 11.8 Å². The van der Waals surface area contributed by atoms with Crippen LogP contribution in [0.5, 0.6) is 0 Å². The summed E-state index contributed by atoms with van der Waals surface area (Å²) in [6, 6.07) is 6.47. The summed E-state index contributed by atoms with van der Waals surface area (Å²) in [6.07, 6.45) is 0.188. The summed E-state index contributed by atoms with van der Waals surface area (Å²) < 4.78 is 53.6. The van der Waals surface area contributed by atoms with Crippen LogP contribution in [-0.2, 0) is 0 Å². The van der Waals surface area contributed by atoms with Crippen LogP contribution in [0.2, 0.25) is 5.02 Å². The molecule has 0 atom stereocenters. The first-order chi connectivity index (χ1) is 14.1. The predicted molar refractivity (Wildman–Crippen MR) is 108 cm³/mol. The molecule has 2 heterocycles. The number of pyridine rings is 1. The molecule has 2 fully saturated rings. The summed E-state index contributed by atoms with van der Waals surface area (Å²) in [5.41, 5.74) is 0.732. The van der Waals surface area contributed by atoms with E-state index in [1.165, 1.54) is 4.90 Å². The minimum atomic E-state index is -2.73. The molecule has 1 aromatic heterocycles. The first-order valence-electron chi connectivity index (χ1n) is 10.0. The number of hydrogen-bond acceptors (Lipinski definition) is 3. The normalized spacial score (nSPS) is 21.2. The van der Waals surface area contributed by atoms with Gasteiger partial charge in [0.1, 0.15) is 5.82 Å². The molecular formula is C21H22ClF4N3O. The van der Waals surface area contributed by atoms with Crippen molar-refractivity contribution in [3.05, 3.63) is 34.9 Å². The average Bonchev–Trinajstić information content (AvgIpc) is 3.06. The Balaban J connectivity index is 1.50. The van der Waals surface area contributed by atoms with Gasteiger partial charge in [-0.2, -0.15) is 0 Å². The molecule has 2 aromatic rings. The Hall–Kier alpha value is -2.09. The van der Waals surface area contributed by atoms with Crippen molar-refractivity contribution in [2.75, 3.05) is 24.5 Å². The fourth-order valence-corrected chi connectivity index (χ4v) is 4.39. The first-order valence-corrected chi connectivity index (χ1v) is 10.4. The summed E-state index contributed by atoms with van der Waals surface area (Å²) in [7, 11) is 0. The van der Waals surface area contributed by atoms with Crippen molar-refractivity contribution in [2.24, 2.45) is 5.92 Å².